The summed E-state index contributed by atoms with van der Waals surface area (Å²) in [6.07, 6.45) is 10.9. The van der Waals surface area contributed by atoms with Gasteiger partial charge in [-0.15, -0.1) is 0 Å². The molecule has 6 aromatic rings. The number of fused-ring (bicyclic) bond motifs is 2. The summed E-state index contributed by atoms with van der Waals surface area (Å²) >= 11 is 1.67. The molecule has 1 fully saturated rings. The minimum absolute atomic E-state index is 0.0600. The molecule has 0 saturated heterocycles. The lowest BCUT2D eigenvalue weighted by Gasteiger charge is -2.07. The maximum absolute atomic E-state index is 12.2. The van der Waals surface area contributed by atoms with Gasteiger partial charge < -0.3 is 10.3 Å². The van der Waals surface area contributed by atoms with Gasteiger partial charge in [0.15, 0.2) is 5.65 Å². The first kappa shape index (κ1) is 20.0. The molecule has 0 atom stereocenters. The number of nitrogens with zero attached hydrogens (tertiary/aromatic N) is 4. The minimum Gasteiger partial charge on any atom is -0.352 e. The van der Waals surface area contributed by atoms with Gasteiger partial charge in [-0.05, 0) is 53.4 Å². The number of aromatic nitrogens is 6. The van der Waals surface area contributed by atoms with Gasteiger partial charge in [0.25, 0.3) is 0 Å². The van der Waals surface area contributed by atoms with Crippen molar-refractivity contribution in [1.82, 2.24) is 30.1 Å². The second-order valence-electron chi connectivity index (χ2n) is 8.76. The van der Waals surface area contributed by atoms with Crippen molar-refractivity contribution in [2.75, 3.05) is 5.32 Å². The molecule has 0 aromatic carbocycles. The van der Waals surface area contributed by atoms with Crippen molar-refractivity contribution in [2.45, 2.75) is 12.8 Å². The summed E-state index contributed by atoms with van der Waals surface area (Å²) in [6, 6.07) is 8.19. The highest BCUT2D eigenvalue weighted by atomic mass is 32.1. The van der Waals surface area contributed by atoms with Crippen molar-refractivity contribution in [3.8, 4) is 33.6 Å². The van der Waals surface area contributed by atoms with E-state index >= 15 is 0 Å². The van der Waals surface area contributed by atoms with Gasteiger partial charge >= 0.3 is 0 Å². The molecule has 0 spiro atoms. The molecule has 6 aromatic heterocycles. The molecule has 1 amide bonds. The number of H-pyrrole nitrogens is 2. The Balaban J connectivity index is 1.29. The van der Waals surface area contributed by atoms with Crippen LogP contribution in [0.1, 0.15) is 12.8 Å². The molecule has 8 nitrogen and oxygen atoms in total. The quantitative estimate of drug-likeness (QED) is 0.297. The van der Waals surface area contributed by atoms with E-state index in [1.165, 1.54) is 0 Å². The Hall–Kier alpha value is -4.37. The smallest absolute Gasteiger partial charge is 0.227 e. The van der Waals surface area contributed by atoms with Crippen molar-refractivity contribution in [3.63, 3.8) is 0 Å². The van der Waals surface area contributed by atoms with Crippen LogP contribution >= 0.6 is 11.3 Å². The van der Waals surface area contributed by atoms with Crippen LogP contribution in [0, 0.1) is 5.92 Å². The first-order valence-electron chi connectivity index (χ1n) is 11.3. The van der Waals surface area contributed by atoms with Gasteiger partial charge in [-0.2, -0.15) is 16.4 Å². The molecule has 0 aliphatic heterocycles. The first-order chi connectivity index (χ1) is 17.2. The first-order valence-corrected chi connectivity index (χ1v) is 12.3. The van der Waals surface area contributed by atoms with E-state index < -0.39 is 0 Å². The molecule has 3 N–H and O–H groups in total. The van der Waals surface area contributed by atoms with Crippen molar-refractivity contribution in [2.24, 2.45) is 5.92 Å². The molecule has 0 bridgehead atoms. The number of hydrogen-bond acceptors (Lipinski definition) is 6. The standard InChI is InChI=1S/C26H19N7OS/c34-26(14-1-2-14)30-18-5-16(8-27-10-18)17-6-20-24(32-33-25(20)29-9-17)22-7-19-21(15-3-4-35-13-15)11-28-12-23(19)31-22/h3-14,31H,1-2H2,(H,30,34)(H,29,32,33). The molecule has 9 heteroatoms. The number of carbonyl (C=O) groups excluding carboxylic acids is 1. The van der Waals surface area contributed by atoms with Crippen molar-refractivity contribution < 1.29 is 4.79 Å². The number of aromatic amines is 2. The topological polar surface area (TPSA) is 112 Å². The molecule has 1 saturated carbocycles. The summed E-state index contributed by atoms with van der Waals surface area (Å²) < 4.78 is 0. The van der Waals surface area contributed by atoms with E-state index in [4.69, 9.17) is 0 Å². The predicted octanol–water partition coefficient (Wildman–Crippen LogP) is 5.64. The maximum Gasteiger partial charge on any atom is 0.227 e. The number of nitrogens with one attached hydrogen (secondary N) is 3. The van der Waals surface area contributed by atoms with Crippen molar-refractivity contribution >= 4 is 44.9 Å². The molecule has 1 aliphatic rings. The Morgan fingerprint density at radius 3 is 2.71 bits per heavy atom. The van der Waals surface area contributed by atoms with E-state index in [-0.39, 0.29) is 11.8 Å². The van der Waals surface area contributed by atoms with Crippen LogP contribution in [0.15, 0.2) is 66.0 Å². The van der Waals surface area contributed by atoms with E-state index in [0.29, 0.717) is 11.3 Å². The van der Waals surface area contributed by atoms with Crippen LogP contribution in [0.5, 0.6) is 0 Å². The van der Waals surface area contributed by atoms with E-state index in [1.807, 2.05) is 24.5 Å². The van der Waals surface area contributed by atoms with Gasteiger partial charge in [0.05, 0.1) is 29.3 Å². The maximum atomic E-state index is 12.2. The second-order valence-corrected chi connectivity index (χ2v) is 9.54. The summed E-state index contributed by atoms with van der Waals surface area (Å²) in [5.41, 5.74) is 8.02. The van der Waals surface area contributed by atoms with Crippen LogP contribution < -0.4 is 5.32 Å². The Bertz CT molecular complexity index is 1710. The van der Waals surface area contributed by atoms with Gasteiger partial charge in [0, 0.05) is 52.0 Å². The second kappa shape index (κ2) is 7.85. The Kier molecular flexibility index (Phi) is 4.49. The Morgan fingerprint density at radius 1 is 0.971 bits per heavy atom. The predicted molar refractivity (Wildman–Crippen MR) is 137 cm³/mol. The number of hydrogen-bond donors (Lipinski definition) is 3. The number of carbonyl (C=O) groups is 1. The molecular formula is C26H19N7OS. The number of amides is 1. The molecule has 35 heavy (non-hydrogen) atoms. The highest BCUT2D eigenvalue weighted by molar-refractivity contribution is 7.08. The zero-order valence-electron chi connectivity index (χ0n) is 18.4. The van der Waals surface area contributed by atoms with E-state index in [2.05, 4.69) is 58.3 Å². The van der Waals surface area contributed by atoms with Gasteiger partial charge in [-0.3, -0.25) is 19.9 Å². The number of anilines is 1. The minimum atomic E-state index is 0.0600. The highest BCUT2D eigenvalue weighted by Gasteiger charge is 2.29. The van der Waals surface area contributed by atoms with Crippen LogP contribution in [0.3, 0.4) is 0 Å². The van der Waals surface area contributed by atoms with Crippen LogP contribution in [-0.4, -0.2) is 36.0 Å². The van der Waals surface area contributed by atoms with Crippen LogP contribution in [0.25, 0.3) is 55.6 Å². The monoisotopic (exact) mass is 477 g/mol. The third-order valence-corrected chi connectivity index (χ3v) is 7.02. The molecule has 7 rings (SSSR count). The number of rotatable bonds is 5. The fourth-order valence-electron chi connectivity index (χ4n) is 4.35. The number of pyridine rings is 3. The van der Waals surface area contributed by atoms with Crippen LogP contribution in [0.4, 0.5) is 5.69 Å². The van der Waals surface area contributed by atoms with E-state index in [0.717, 1.165) is 62.8 Å². The Labute approximate surface area is 203 Å². The molecule has 1 aliphatic carbocycles. The summed E-state index contributed by atoms with van der Waals surface area (Å²) in [6.45, 7) is 0. The van der Waals surface area contributed by atoms with Crippen molar-refractivity contribution in [3.05, 3.63) is 66.0 Å². The zero-order chi connectivity index (χ0) is 23.4. The van der Waals surface area contributed by atoms with Gasteiger partial charge in [0.1, 0.15) is 5.69 Å². The van der Waals surface area contributed by atoms with Gasteiger partial charge in [-0.25, -0.2) is 4.98 Å². The van der Waals surface area contributed by atoms with Crippen LogP contribution in [-0.2, 0) is 4.79 Å². The average molecular weight is 478 g/mol. The average Bonchev–Trinajstić information content (AvgIpc) is 3.26. The molecule has 0 radical (unpaired) electrons. The van der Waals surface area contributed by atoms with Gasteiger partial charge in [-0.1, -0.05) is 0 Å². The lowest BCUT2D eigenvalue weighted by atomic mass is 10.1. The highest BCUT2D eigenvalue weighted by Crippen LogP contribution is 2.35. The third-order valence-electron chi connectivity index (χ3n) is 6.34. The summed E-state index contributed by atoms with van der Waals surface area (Å²) in [5.74, 6) is 0.196. The fraction of sp³-hybridized carbons (Fsp3) is 0.115. The summed E-state index contributed by atoms with van der Waals surface area (Å²) in [4.78, 5) is 29.0. The van der Waals surface area contributed by atoms with E-state index in [9.17, 15) is 4.79 Å². The normalized spacial score (nSPS) is 13.5. The zero-order valence-corrected chi connectivity index (χ0v) is 19.3. The summed E-state index contributed by atoms with van der Waals surface area (Å²) in [5, 5.41) is 16.7. The Morgan fingerprint density at radius 2 is 1.86 bits per heavy atom. The van der Waals surface area contributed by atoms with Crippen LogP contribution in [0.2, 0.25) is 0 Å². The molecule has 6 heterocycles. The fourth-order valence-corrected chi connectivity index (χ4v) is 5.00. The SMILES string of the molecule is O=C(Nc1cncc(-c2cnc3[nH]nc(-c4cc5c(-c6ccsc6)cncc5[nH]4)c3c2)c1)C1CC1. The molecule has 170 valence electrons. The van der Waals surface area contributed by atoms with E-state index in [1.54, 1.807) is 29.9 Å². The molecular weight excluding hydrogens is 458 g/mol. The lowest BCUT2D eigenvalue weighted by Crippen LogP contribution is -2.13. The lowest BCUT2D eigenvalue weighted by molar-refractivity contribution is -0.117. The largest absolute Gasteiger partial charge is 0.352 e. The summed E-state index contributed by atoms with van der Waals surface area (Å²) in [7, 11) is 0. The van der Waals surface area contributed by atoms with Gasteiger partial charge in [0.2, 0.25) is 5.91 Å². The van der Waals surface area contributed by atoms with Crippen molar-refractivity contribution in [1.29, 1.82) is 0 Å². The number of thiophene rings is 1. The molecule has 0 unspecified atom stereocenters. The third kappa shape index (κ3) is 3.57.